The van der Waals surface area contributed by atoms with Crippen LogP contribution in [0.25, 0.3) is 0 Å². The zero-order valence-corrected chi connectivity index (χ0v) is 11.6. The average molecular weight is 254 g/mol. The number of hydrogen-bond acceptors (Lipinski definition) is 5. The molecule has 96 valence electrons. The van der Waals surface area contributed by atoms with Crippen molar-refractivity contribution in [2.75, 3.05) is 46.3 Å². The van der Waals surface area contributed by atoms with Gasteiger partial charge in [0.15, 0.2) is 0 Å². The molecule has 1 saturated heterocycles. The van der Waals surface area contributed by atoms with Gasteiger partial charge >= 0.3 is 0 Å². The number of thiazole rings is 1. The number of aryl methyl sites for hydroxylation is 1. The van der Waals surface area contributed by atoms with Gasteiger partial charge in [-0.1, -0.05) is 0 Å². The van der Waals surface area contributed by atoms with Crippen LogP contribution in [0.2, 0.25) is 0 Å². The van der Waals surface area contributed by atoms with Gasteiger partial charge in [-0.25, -0.2) is 4.98 Å². The van der Waals surface area contributed by atoms with Crippen molar-refractivity contribution in [2.45, 2.75) is 13.5 Å². The minimum atomic E-state index is 0.901. The first kappa shape index (κ1) is 13.0. The van der Waals surface area contributed by atoms with Gasteiger partial charge in [0.05, 0.1) is 10.7 Å². The SMILES string of the molecule is Cc1nc(CNCCN2CCN(C)CC2)cs1. The van der Waals surface area contributed by atoms with Crippen molar-refractivity contribution in [3.63, 3.8) is 0 Å². The van der Waals surface area contributed by atoms with E-state index in [-0.39, 0.29) is 0 Å². The van der Waals surface area contributed by atoms with E-state index in [2.05, 4.69) is 39.5 Å². The van der Waals surface area contributed by atoms with Gasteiger partial charge in [0.25, 0.3) is 0 Å². The normalized spacial score (nSPS) is 18.7. The minimum absolute atomic E-state index is 0.901. The second-order valence-electron chi connectivity index (χ2n) is 4.68. The number of likely N-dealkylation sites (N-methyl/N-ethyl adjacent to an activating group) is 1. The van der Waals surface area contributed by atoms with E-state index in [1.165, 1.54) is 31.9 Å². The van der Waals surface area contributed by atoms with E-state index in [1.807, 2.05) is 0 Å². The van der Waals surface area contributed by atoms with Gasteiger partial charge in [-0.3, -0.25) is 4.90 Å². The van der Waals surface area contributed by atoms with Gasteiger partial charge in [-0.05, 0) is 14.0 Å². The lowest BCUT2D eigenvalue weighted by atomic mass is 10.3. The van der Waals surface area contributed by atoms with Crippen LogP contribution in [0.5, 0.6) is 0 Å². The Balaban J connectivity index is 1.57. The van der Waals surface area contributed by atoms with Gasteiger partial charge in [0, 0.05) is 51.2 Å². The standard InChI is InChI=1S/C12H22N4S/c1-11-14-12(10-17-11)9-13-3-4-16-7-5-15(2)6-8-16/h10,13H,3-9H2,1-2H3. The van der Waals surface area contributed by atoms with Gasteiger partial charge in [-0.15, -0.1) is 11.3 Å². The quantitative estimate of drug-likeness (QED) is 0.787. The van der Waals surface area contributed by atoms with Gasteiger partial charge in [0.1, 0.15) is 0 Å². The van der Waals surface area contributed by atoms with E-state index in [0.29, 0.717) is 0 Å². The number of piperazine rings is 1. The monoisotopic (exact) mass is 254 g/mol. The van der Waals surface area contributed by atoms with Crippen molar-refractivity contribution in [3.05, 3.63) is 16.1 Å². The third-order valence-electron chi connectivity index (χ3n) is 3.17. The fourth-order valence-electron chi connectivity index (χ4n) is 2.01. The molecule has 0 aromatic carbocycles. The first-order valence-electron chi connectivity index (χ1n) is 6.26. The summed E-state index contributed by atoms with van der Waals surface area (Å²) in [5.74, 6) is 0. The molecule has 1 aliphatic rings. The molecule has 1 fully saturated rings. The van der Waals surface area contributed by atoms with Crippen LogP contribution in [0, 0.1) is 6.92 Å². The van der Waals surface area contributed by atoms with E-state index < -0.39 is 0 Å². The van der Waals surface area contributed by atoms with Crippen LogP contribution in [0.3, 0.4) is 0 Å². The molecule has 1 aliphatic heterocycles. The molecule has 1 aromatic rings. The van der Waals surface area contributed by atoms with Crippen LogP contribution in [0.1, 0.15) is 10.7 Å². The van der Waals surface area contributed by atoms with Gasteiger partial charge in [0.2, 0.25) is 0 Å². The lowest BCUT2D eigenvalue weighted by Crippen LogP contribution is -2.46. The zero-order chi connectivity index (χ0) is 12.1. The predicted molar refractivity (Wildman–Crippen MR) is 72.5 cm³/mol. The summed E-state index contributed by atoms with van der Waals surface area (Å²) in [4.78, 5) is 9.36. The molecule has 0 spiro atoms. The van der Waals surface area contributed by atoms with Crippen LogP contribution in [0.4, 0.5) is 0 Å². The molecule has 2 rings (SSSR count). The molecule has 0 radical (unpaired) electrons. The molecule has 1 N–H and O–H groups in total. The van der Waals surface area contributed by atoms with Crippen LogP contribution in [-0.2, 0) is 6.54 Å². The molecule has 0 bridgehead atoms. The van der Waals surface area contributed by atoms with Crippen LogP contribution in [-0.4, -0.2) is 61.1 Å². The van der Waals surface area contributed by atoms with Crippen molar-refractivity contribution < 1.29 is 0 Å². The first-order valence-corrected chi connectivity index (χ1v) is 7.14. The van der Waals surface area contributed by atoms with Crippen molar-refractivity contribution in [3.8, 4) is 0 Å². The number of nitrogens with zero attached hydrogens (tertiary/aromatic N) is 3. The Bertz CT molecular complexity index is 331. The Kier molecular flexibility index (Phi) is 4.91. The Morgan fingerprint density at radius 3 is 2.76 bits per heavy atom. The molecule has 0 unspecified atom stereocenters. The highest BCUT2D eigenvalue weighted by Crippen LogP contribution is 2.07. The smallest absolute Gasteiger partial charge is 0.0897 e. The summed E-state index contributed by atoms with van der Waals surface area (Å²) in [6.45, 7) is 9.96. The topological polar surface area (TPSA) is 31.4 Å². The Hall–Kier alpha value is -0.490. The van der Waals surface area contributed by atoms with Crippen molar-refractivity contribution in [1.82, 2.24) is 20.1 Å². The number of nitrogens with one attached hydrogen (secondary N) is 1. The summed E-state index contributed by atoms with van der Waals surface area (Å²) < 4.78 is 0. The second-order valence-corrected chi connectivity index (χ2v) is 5.74. The lowest BCUT2D eigenvalue weighted by Gasteiger charge is -2.32. The largest absolute Gasteiger partial charge is 0.310 e. The van der Waals surface area contributed by atoms with Crippen LogP contribution >= 0.6 is 11.3 Å². The van der Waals surface area contributed by atoms with E-state index in [1.54, 1.807) is 11.3 Å². The van der Waals surface area contributed by atoms with E-state index in [0.717, 1.165) is 24.6 Å². The Morgan fingerprint density at radius 2 is 2.12 bits per heavy atom. The third kappa shape index (κ3) is 4.35. The minimum Gasteiger partial charge on any atom is -0.310 e. The Labute approximate surface area is 108 Å². The van der Waals surface area contributed by atoms with Crippen LogP contribution in [0.15, 0.2) is 5.38 Å². The maximum Gasteiger partial charge on any atom is 0.0897 e. The number of rotatable bonds is 5. The van der Waals surface area contributed by atoms with Crippen LogP contribution < -0.4 is 5.32 Å². The molecule has 0 amide bonds. The highest BCUT2D eigenvalue weighted by Gasteiger charge is 2.12. The Morgan fingerprint density at radius 1 is 1.35 bits per heavy atom. The molecule has 17 heavy (non-hydrogen) atoms. The van der Waals surface area contributed by atoms with E-state index in [9.17, 15) is 0 Å². The maximum atomic E-state index is 4.44. The zero-order valence-electron chi connectivity index (χ0n) is 10.8. The summed E-state index contributed by atoms with van der Waals surface area (Å²) in [6.07, 6.45) is 0. The maximum absolute atomic E-state index is 4.44. The molecule has 0 atom stereocenters. The fourth-order valence-corrected chi connectivity index (χ4v) is 2.63. The molecule has 5 heteroatoms. The number of hydrogen-bond donors (Lipinski definition) is 1. The molecule has 4 nitrogen and oxygen atoms in total. The van der Waals surface area contributed by atoms with Crippen molar-refractivity contribution >= 4 is 11.3 Å². The second kappa shape index (κ2) is 6.44. The van der Waals surface area contributed by atoms with Crippen molar-refractivity contribution in [2.24, 2.45) is 0 Å². The molecule has 0 saturated carbocycles. The summed E-state index contributed by atoms with van der Waals surface area (Å²) in [5.41, 5.74) is 1.17. The van der Waals surface area contributed by atoms with E-state index >= 15 is 0 Å². The molecule has 1 aromatic heterocycles. The average Bonchev–Trinajstić information content (AvgIpc) is 2.73. The summed E-state index contributed by atoms with van der Waals surface area (Å²) >= 11 is 1.72. The van der Waals surface area contributed by atoms with Gasteiger partial charge in [-0.2, -0.15) is 0 Å². The molecule has 2 heterocycles. The lowest BCUT2D eigenvalue weighted by molar-refractivity contribution is 0.154. The summed E-state index contributed by atoms with van der Waals surface area (Å²) in [7, 11) is 2.19. The highest BCUT2D eigenvalue weighted by molar-refractivity contribution is 7.09. The molecular formula is C12H22N4S. The fraction of sp³-hybridized carbons (Fsp3) is 0.750. The number of aromatic nitrogens is 1. The first-order chi connectivity index (χ1) is 8.24. The van der Waals surface area contributed by atoms with Crippen molar-refractivity contribution in [1.29, 1.82) is 0 Å². The van der Waals surface area contributed by atoms with E-state index in [4.69, 9.17) is 0 Å². The highest BCUT2D eigenvalue weighted by atomic mass is 32.1. The summed E-state index contributed by atoms with van der Waals surface area (Å²) in [6, 6.07) is 0. The van der Waals surface area contributed by atoms with Gasteiger partial charge < -0.3 is 10.2 Å². The molecular weight excluding hydrogens is 232 g/mol. The summed E-state index contributed by atoms with van der Waals surface area (Å²) in [5, 5.41) is 6.75. The predicted octanol–water partition coefficient (Wildman–Crippen LogP) is 0.789. The molecule has 0 aliphatic carbocycles. The third-order valence-corrected chi connectivity index (χ3v) is 4.00.